The van der Waals surface area contributed by atoms with Crippen molar-refractivity contribution in [3.63, 3.8) is 0 Å². The average Bonchev–Trinajstić information content (AvgIpc) is 3.22. The summed E-state index contributed by atoms with van der Waals surface area (Å²) < 4.78 is 1.74. The number of aryl methyl sites for hydroxylation is 1. The number of amides is 1. The standard InChI is InChI=1S/C17H17N5O/c1-21-16-8-13(10-19-14(16)11-20-21)17(23)22-7-3-5-15(22)12-4-2-6-18-9-12/h2,4,6,8-11,15H,3,5,7H2,1H3. The van der Waals surface area contributed by atoms with Crippen LogP contribution in [0.15, 0.2) is 43.0 Å². The highest BCUT2D eigenvalue weighted by Gasteiger charge is 2.31. The summed E-state index contributed by atoms with van der Waals surface area (Å²) in [4.78, 5) is 23.4. The van der Waals surface area contributed by atoms with E-state index in [1.807, 2.05) is 36.3 Å². The summed E-state index contributed by atoms with van der Waals surface area (Å²) in [5.74, 6) is 0.0203. The largest absolute Gasteiger partial charge is 0.331 e. The first kappa shape index (κ1) is 13.9. The van der Waals surface area contributed by atoms with Crippen LogP contribution in [0.1, 0.15) is 34.8 Å². The summed E-state index contributed by atoms with van der Waals surface area (Å²) in [7, 11) is 1.85. The fraction of sp³-hybridized carbons (Fsp3) is 0.294. The molecule has 23 heavy (non-hydrogen) atoms. The Bertz CT molecular complexity index is 858. The number of hydrogen-bond donors (Lipinski definition) is 0. The van der Waals surface area contributed by atoms with Gasteiger partial charge in [0.25, 0.3) is 5.91 Å². The minimum atomic E-state index is 0.0203. The second-order valence-corrected chi connectivity index (χ2v) is 5.84. The zero-order valence-corrected chi connectivity index (χ0v) is 12.9. The number of rotatable bonds is 2. The zero-order valence-electron chi connectivity index (χ0n) is 12.9. The smallest absolute Gasteiger partial charge is 0.256 e. The van der Waals surface area contributed by atoms with E-state index in [0.29, 0.717) is 5.56 Å². The number of nitrogens with zero attached hydrogens (tertiary/aromatic N) is 5. The van der Waals surface area contributed by atoms with Crippen molar-refractivity contribution in [2.75, 3.05) is 6.54 Å². The van der Waals surface area contributed by atoms with Crippen LogP contribution >= 0.6 is 0 Å². The van der Waals surface area contributed by atoms with Gasteiger partial charge in [0.05, 0.1) is 23.3 Å². The van der Waals surface area contributed by atoms with E-state index < -0.39 is 0 Å². The quantitative estimate of drug-likeness (QED) is 0.729. The van der Waals surface area contributed by atoms with E-state index in [2.05, 4.69) is 15.1 Å². The molecule has 1 atom stereocenters. The van der Waals surface area contributed by atoms with E-state index in [-0.39, 0.29) is 11.9 Å². The van der Waals surface area contributed by atoms with Crippen molar-refractivity contribution in [3.05, 3.63) is 54.1 Å². The molecule has 1 aliphatic rings. The summed E-state index contributed by atoms with van der Waals surface area (Å²) in [6.45, 7) is 0.766. The van der Waals surface area contributed by atoms with Gasteiger partial charge in [-0.15, -0.1) is 0 Å². The van der Waals surface area contributed by atoms with Gasteiger partial charge in [-0.25, -0.2) is 0 Å². The molecule has 0 bridgehead atoms. The van der Waals surface area contributed by atoms with Gasteiger partial charge in [0, 0.05) is 32.2 Å². The number of carbonyl (C=O) groups is 1. The van der Waals surface area contributed by atoms with Gasteiger partial charge < -0.3 is 4.90 Å². The van der Waals surface area contributed by atoms with Crippen molar-refractivity contribution in [2.24, 2.45) is 7.05 Å². The predicted molar refractivity (Wildman–Crippen MR) is 85.8 cm³/mol. The highest BCUT2D eigenvalue weighted by Crippen LogP contribution is 2.32. The normalized spacial score (nSPS) is 17.8. The van der Waals surface area contributed by atoms with Crippen LogP contribution < -0.4 is 0 Å². The van der Waals surface area contributed by atoms with Crippen molar-refractivity contribution in [1.29, 1.82) is 0 Å². The van der Waals surface area contributed by atoms with Gasteiger partial charge in [-0.05, 0) is 30.5 Å². The van der Waals surface area contributed by atoms with Gasteiger partial charge in [-0.3, -0.25) is 19.4 Å². The molecule has 1 amide bonds. The van der Waals surface area contributed by atoms with Crippen molar-refractivity contribution in [2.45, 2.75) is 18.9 Å². The third kappa shape index (κ3) is 2.36. The van der Waals surface area contributed by atoms with Crippen LogP contribution in [0.5, 0.6) is 0 Å². The average molecular weight is 307 g/mol. The Morgan fingerprint density at radius 1 is 1.30 bits per heavy atom. The first-order chi connectivity index (χ1) is 11.2. The molecule has 3 aromatic heterocycles. The summed E-state index contributed by atoms with van der Waals surface area (Å²) in [5.41, 5.74) is 3.37. The minimum absolute atomic E-state index is 0.0203. The molecule has 6 nitrogen and oxygen atoms in total. The van der Waals surface area contributed by atoms with Crippen molar-refractivity contribution >= 4 is 16.9 Å². The number of fused-ring (bicyclic) bond motifs is 1. The van der Waals surface area contributed by atoms with Crippen molar-refractivity contribution in [3.8, 4) is 0 Å². The topological polar surface area (TPSA) is 63.9 Å². The Morgan fingerprint density at radius 3 is 3.04 bits per heavy atom. The van der Waals surface area contributed by atoms with Crippen LogP contribution in [0.2, 0.25) is 0 Å². The molecule has 4 rings (SSSR count). The molecule has 0 N–H and O–H groups in total. The number of pyridine rings is 2. The molecule has 0 aliphatic carbocycles. The lowest BCUT2D eigenvalue weighted by Crippen LogP contribution is -2.30. The summed E-state index contributed by atoms with van der Waals surface area (Å²) in [5, 5.41) is 4.18. The lowest BCUT2D eigenvalue weighted by molar-refractivity contribution is 0.0735. The number of likely N-dealkylation sites (tertiary alicyclic amines) is 1. The fourth-order valence-corrected chi connectivity index (χ4v) is 3.24. The van der Waals surface area contributed by atoms with Gasteiger partial charge in [0.15, 0.2) is 0 Å². The number of aromatic nitrogens is 4. The molecule has 1 unspecified atom stereocenters. The highest BCUT2D eigenvalue weighted by molar-refractivity contribution is 5.97. The van der Waals surface area contributed by atoms with E-state index in [1.54, 1.807) is 23.3 Å². The van der Waals surface area contributed by atoms with Crippen LogP contribution in [-0.2, 0) is 7.05 Å². The molecule has 0 spiro atoms. The zero-order chi connectivity index (χ0) is 15.8. The molecule has 3 aromatic rings. The summed E-state index contributed by atoms with van der Waals surface area (Å²) >= 11 is 0. The van der Waals surface area contributed by atoms with Crippen LogP contribution in [-0.4, -0.2) is 37.1 Å². The minimum Gasteiger partial charge on any atom is -0.331 e. The molecular weight excluding hydrogens is 290 g/mol. The third-order valence-corrected chi connectivity index (χ3v) is 4.43. The first-order valence-corrected chi connectivity index (χ1v) is 7.73. The van der Waals surface area contributed by atoms with E-state index >= 15 is 0 Å². The second kappa shape index (κ2) is 5.46. The Balaban J connectivity index is 1.68. The van der Waals surface area contributed by atoms with E-state index in [0.717, 1.165) is 36.0 Å². The number of hydrogen-bond acceptors (Lipinski definition) is 4. The van der Waals surface area contributed by atoms with Crippen LogP contribution in [0.4, 0.5) is 0 Å². The molecular formula is C17H17N5O. The Morgan fingerprint density at radius 2 is 2.22 bits per heavy atom. The second-order valence-electron chi connectivity index (χ2n) is 5.84. The van der Waals surface area contributed by atoms with E-state index in [9.17, 15) is 4.79 Å². The molecule has 1 aliphatic heterocycles. The fourth-order valence-electron chi connectivity index (χ4n) is 3.24. The lowest BCUT2D eigenvalue weighted by atomic mass is 10.1. The molecule has 0 saturated carbocycles. The van der Waals surface area contributed by atoms with Crippen LogP contribution in [0.3, 0.4) is 0 Å². The van der Waals surface area contributed by atoms with Gasteiger partial charge in [0.2, 0.25) is 0 Å². The monoisotopic (exact) mass is 307 g/mol. The summed E-state index contributed by atoms with van der Waals surface area (Å²) in [6, 6.07) is 5.92. The van der Waals surface area contributed by atoms with Gasteiger partial charge in [-0.2, -0.15) is 5.10 Å². The maximum Gasteiger partial charge on any atom is 0.256 e. The van der Waals surface area contributed by atoms with Crippen molar-refractivity contribution < 1.29 is 4.79 Å². The maximum atomic E-state index is 12.9. The van der Waals surface area contributed by atoms with E-state index in [1.165, 1.54) is 0 Å². The van der Waals surface area contributed by atoms with Crippen molar-refractivity contribution in [1.82, 2.24) is 24.6 Å². The SMILES string of the molecule is Cn1ncc2ncc(C(=O)N3CCCC3c3cccnc3)cc21. The first-order valence-electron chi connectivity index (χ1n) is 7.73. The van der Waals surface area contributed by atoms with Gasteiger partial charge >= 0.3 is 0 Å². The van der Waals surface area contributed by atoms with Gasteiger partial charge in [-0.1, -0.05) is 6.07 Å². The molecule has 1 saturated heterocycles. The Labute approximate surface area is 133 Å². The third-order valence-electron chi connectivity index (χ3n) is 4.43. The lowest BCUT2D eigenvalue weighted by Gasteiger charge is -2.24. The number of carbonyl (C=O) groups excluding carboxylic acids is 1. The molecule has 0 aromatic carbocycles. The maximum absolute atomic E-state index is 12.9. The highest BCUT2D eigenvalue weighted by atomic mass is 16.2. The van der Waals surface area contributed by atoms with E-state index in [4.69, 9.17) is 0 Å². The summed E-state index contributed by atoms with van der Waals surface area (Å²) in [6.07, 6.45) is 8.93. The Kier molecular flexibility index (Phi) is 3.29. The van der Waals surface area contributed by atoms with Gasteiger partial charge in [0.1, 0.15) is 5.52 Å². The van der Waals surface area contributed by atoms with Crippen LogP contribution in [0.25, 0.3) is 11.0 Å². The molecule has 1 fully saturated rings. The molecule has 116 valence electrons. The molecule has 6 heteroatoms. The molecule has 4 heterocycles. The predicted octanol–water partition coefficient (Wildman–Crippen LogP) is 2.34. The van der Waals surface area contributed by atoms with Crippen LogP contribution in [0, 0.1) is 0 Å². The Hall–Kier alpha value is -2.76. The molecule has 0 radical (unpaired) electrons.